The maximum atomic E-state index is 12.5. The summed E-state index contributed by atoms with van der Waals surface area (Å²) in [5.41, 5.74) is 0. The van der Waals surface area contributed by atoms with Crippen molar-refractivity contribution in [3.63, 3.8) is 0 Å². The lowest BCUT2D eigenvalue weighted by atomic mass is 9.89. The molecule has 1 N–H and O–H groups in total. The summed E-state index contributed by atoms with van der Waals surface area (Å²) < 4.78 is 17.3. The van der Waals surface area contributed by atoms with Gasteiger partial charge in [-0.15, -0.1) is 0 Å². The van der Waals surface area contributed by atoms with E-state index >= 15 is 0 Å². The zero-order valence-corrected chi connectivity index (χ0v) is 15.9. The maximum absolute atomic E-state index is 12.5. The average Bonchev–Trinajstić information content (AvgIpc) is 3.05. The molecule has 7 nitrogen and oxygen atoms in total. The number of nitrogens with one attached hydrogen (secondary N) is 1. The number of hydrogen-bond donors (Lipinski definition) is 1. The first kappa shape index (κ1) is 18.4. The molecule has 0 unspecified atom stereocenters. The fourth-order valence-corrected chi connectivity index (χ4v) is 4.64. The van der Waals surface area contributed by atoms with E-state index in [2.05, 4.69) is 15.5 Å². The molecule has 1 saturated heterocycles. The zero-order valence-electron chi connectivity index (χ0n) is 15.1. The minimum Gasteiger partial charge on any atom is -0.337 e. The van der Waals surface area contributed by atoms with E-state index in [0.717, 1.165) is 25.1 Å². The molecule has 8 heteroatoms. The summed E-state index contributed by atoms with van der Waals surface area (Å²) in [4.78, 5) is 18.7. The third kappa shape index (κ3) is 4.59. The molecular formula is C17H28N4O3S. The van der Waals surface area contributed by atoms with E-state index in [9.17, 15) is 9.00 Å². The summed E-state index contributed by atoms with van der Waals surface area (Å²) in [6.45, 7) is 4.98. The standard InChI is InChI=1S/C17H28N4O3S/c1-12-8-9-21(10-11-25(12)23)17(22)18-13(2)16-19-15(20-24-16)14-6-4-3-5-7-14/h12-14H,3-11H2,1-2H3,(H,18,22)/t12-,13-,25+/m0/s1. The molecule has 1 aromatic rings. The van der Waals surface area contributed by atoms with Gasteiger partial charge in [-0.1, -0.05) is 31.3 Å². The molecule has 0 radical (unpaired) electrons. The predicted molar refractivity (Wildman–Crippen MR) is 95.7 cm³/mol. The number of hydrogen-bond acceptors (Lipinski definition) is 5. The minimum absolute atomic E-state index is 0.143. The van der Waals surface area contributed by atoms with Gasteiger partial charge in [-0.2, -0.15) is 4.98 Å². The summed E-state index contributed by atoms with van der Waals surface area (Å²) in [5.74, 6) is 2.15. The van der Waals surface area contributed by atoms with Gasteiger partial charge in [0.15, 0.2) is 5.82 Å². The van der Waals surface area contributed by atoms with Gasteiger partial charge < -0.3 is 14.7 Å². The second-order valence-corrected chi connectivity index (χ2v) is 9.14. The SMILES string of the molecule is C[C@H](NC(=O)N1CC[C@H](C)[S@](=O)CC1)c1nc(C2CCCCC2)no1. The van der Waals surface area contributed by atoms with Crippen molar-refractivity contribution < 1.29 is 13.5 Å². The molecule has 0 spiro atoms. The van der Waals surface area contributed by atoms with Gasteiger partial charge >= 0.3 is 6.03 Å². The molecule has 3 rings (SSSR count). The fourth-order valence-electron chi connectivity index (χ4n) is 3.47. The van der Waals surface area contributed by atoms with Crippen LogP contribution in [-0.4, -0.2) is 49.4 Å². The summed E-state index contributed by atoms with van der Waals surface area (Å²) in [6, 6.07) is -0.487. The topological polar surface area (TPSA) is 88.3 Å². The Hall–Kier alpha value is -1.44. The van der Waals surface area contributed by atoms with Gasteiger partial charge in [-0.3, -0.25) is 4.21 Å². The van der Waals surface area contributed by atoms with Crippen molar-refractivity contribution in [3.8, 4) is 0 Å². The Labute approximate surface area is 151 Å². The van der Waals surface area contributed by atoms with E-state index in [4.69, 9.17) is 4.52 Å². The summed E-state index contributed by atoms with van der Waals surface area (Å²) in [7, 11) is -0.850. The average molecular weight is 369 g/mol. The Bertz CT molecular complexity index is 615. The van der Waals surface area contributed by atoms with Gasteiger partial charge in [0.25, 0.3) is 0 Å². The lowest BCUT2D eigenvalue weighted by molar-refractivity contribution is 0.195. The smallest absolute Gasteiger partial charge is 0.318 e. The molecule has 0 aromatic carbocycles. The number of nitrogens with zero attached hydrogens (tertiary/aromatic N) is 3. The van der Waals surface area contributed by atoms with E-state index in [1.807, 2.05) is 13.8 Å². The number of aromatic nitrogens is 2. The molecule has 25 heavy (non-hydrogen) atoms. The van der Waals surface area contributed by atoms with E-state index in [1.165, 1.54) is 19.3 Å². The third-order valence-corrected chi connectivity index (χ3v) is 6.96. The third-order valence-electron chi connectivity index (χ3n) is 5.24. The monoisotopic (exact) mass is 368 g/mol. The summed E-state index contributed by atoms with van der Waals surface area (Å²) in [6.07, 6.45) is 6.71. The van der Waals surface area contributed by atoms with Crippen molar-refractivity contribution in [2.75, 3.05) is 18.8 Å². The van der Waals surface area contributed by atoms with Gasteiger partial charge in [-0.25, -0.2) is 4.79 Å². The first-order valence-corrected chi connectivity index (χ1v) is 10.7. The molecule has 1 aliphatic heterocycles. The number of urea groups is 1. The summed E-state index contributed by atoms with van der Waals surface area (Å²) in [5, 5.41) is 7.20. The molecule has 3 atom stereocenters. The van der Waals surface area contributed by atoms with Gasteiger partial charge in [0.2, 0.25) is 5.89 Å². The van der Waals surface area contributed by atoms with Crippen molar-refractivity contribution in [2.24, 2.45) is 0 Å². The van der Waals surface area contributed by atoms with Crippen molar-refractivity contribution in [1.82, 2.24) is 20.4 Å². The van der Waals surface area contributed by atoms with Crippen LogP contribution in [0.4, 0.5) is 4.79 Å². The van der Waals surface area contributed by atoms with Gasteiger partial charge in [-0.05, 0) is 26.2 Å². The second kappa shape index (κ2) is 8.29. The van der Waals surface area contributed by atoms with Crippen molar-refractivity contribution >= 4 is 16.8 Å². The molecule has 2 heterocycles. The Morgan fingerprint density at radius 1 is 1.28 bits per heavy atom. The van der Waals surface area contributed by atoms with Crippen LogP contribution in [0.15, 0.2) is 4.52 Å². The van der Waals surface area contributed by atoms with Crippen LogP contribution in [-0.2, 0) is 10.8 Å². The van der Waals surface area contributed by atoms with Crippen LogP contribution >= 0.6 is 0 Å². The molecule has 2 aliphatic rings. The molecule has 1 saturated carbocycles. The highest BCUT2D eigenvalue weighted by molar-refractivity contribution is 7.85. The van der Waals surface area contributed by atoms with E-state index < -0.39 is 10.8 Å². The molecular weight excluding hydrogens is 340 g/mol. The van der Waals surface area contributed by atoms with Crippen LogP contribution in [0.1, 0.15) is 76.0 Å². The lowest BCUT2D eigenvalue weighted by Crippen LogP contribution is -2.42. The zero-order chi connectivity index (χ0) is 17.8. The molecule has 1 aliphatic carbocycles. The van der Waals surface area contributed by atoms with Crippen LogP contribution in [0, 0.1) is 0 Å². The Balaban J connectivity index is 1.56. The largest absolute Gasteiger partial charge is 0.337 e. The lowest BCUT2D eigenvalue weighted by Gasteiger charge is -2.22. The number of carbonyl (C=O) groups excluding carboxylic acids is 1. The fraction of sp³-hybridized carbons (Fsp3) is 0.824. The van der Waals surface area contributed by atoms with Crippen molar-refractivity contribution in [3.05, 3.63) is 11.7 Å². The minimum atomic E-state index is -0.850. The van der Waals surface area contributed by atoms with Crippen LogP contribution < -0.4 is 5.32 Å². The first-order chi connectivity index (χ1) is 12.0. The normalized spacial score (nSPS) is 26.9. The van der Waals surface area contributed by atoms with Gasteiger partial charge in [0.05, 0.1) is 0 Å². The first-order valence-electron chi connectivity index (χ1n) is 9.30. The highest BCUT2D eigenvalue weighted by atomic mass is 32.2. The predicted octanol–water partition coefficient (Wildman–Crippen LogP) is 2.73. The molecule has 2 amide bonds. The van der Waals surface area contributed by atoms with Crippen LogP contribution in [0.5, 0.6) is 0 Å². The highest BCUT2D eigenvalue weighted by Gasteiger charge is 2.26. The Morgan fingerprint density at radius 2 is 2.04 bits per heavy atom. The number of amides is 2. The second-order valence-electron chi connectivity index (χ2n) is 7.17. The van der Waals surface area contributed by atoms with Crippen molar-refractivity contribution in [2.45, 2.75) is 69.6 Å². The van der Waals surface area contributed by atoms with Crippen LogP contribution in [0.3, 0.4) is 0 Å². The van der Waals surface area contributed by atoms with Gasteiger partial charge in [0, 0.05) is 40.8 Å². The molecule has 2 fully saturated rings. The van der Waals surface area contributed by atoms with Crippen LogP contribution in [0.25, 0.3) is 0 Å². The summed E-state index contributed by atoms with van der Waals surface area (Å²) >= 11 is 0. The van der Waals surface area contributed by atoms with Gasteiger partial charge in [0.1, 0.15) is 6.04 Å². The molecule has 1 aromatic heterocycles. The van der Waals surface area contributed by atoms with Crippen LogP contribution in [0.2, 0.25) is 0 Å². The Kier molecular flexibility index (Phi) is 6.09. The number of rotatable bonds is 3. The van der Waals surface area contributed by atoms with E-state index in [0.29, 0.717) is 30.7 Å². The Morgan fingerprint density at radius 3 is 2.80 bits per heavy atom. The molecule has 0 bridgehead atoms. The quantitative estimate of drug-likeness (QED) is 0.886. The number of carbonyl (C=O) groups is 1. The highest BCUT2D eigenvalue weighted by Crippen LogP contribution is 2.31. The van der Waals surface area contributed by atoms with Crippen molar-refractivity contribution in [1.29, 1.82) is 0 Å². The maximum Gasteiger partial charge on any atom is 0.318 e. The molecule has 140 valence electrons. The van der Waals surface area contributed by atoms with E-state index in [1.54, 1.807) is 4.90 Å². The van der Waals surface area contributed by atoms with E-state index in [-0.39, 0.29) is 17.3 Å².